The number of carbonyl (C=O) groups is 2. The van der Waals surface area contributed by atoms with E-state index in [-0.39, 0.29) is 12.0 Å². The molecule has 2 rings (SSSR count). The van der Waals surface area contributed by atoms with Crippen molar-refractivity contribution in [1.82, 2.24) is 10.7 Å². The first-order chi connectivity index (χ1) is 10.4. The molecule has 0 radical (unpaired) electrons. The number of hydrogen-bond donors (Lipinski definition) is 2. The molecule has 0 unspecified atom stereocenters. The van der Waals surface area contributed by atoms with Crippen LogP contribution in [0.4, 0.5) is 0 Å². The molecule has 1 saturated carbocycles. The van der Waals surface area contributed by atoms with Crippen molar-refractivity contribution in [2.24, 2.45) is 16.4 Å². The van der Waals surface area contributed by atoms with Gasteiger partial charge in [-0.05, 0) is 42.7 Å². The van der Waals surface area contributed by atoms with Crippen LogP contribution in [0.15, 0.2) is 27.9 Å². The number of amides is 2. The molecule has 0 aromatic carbocycles. The lowest BCUT2D eigenvalue weighted by Crippen LogP contribution is -2.38. The van der Waals surface area contributed by atoms with E-state index in [0.717, 1.165) is 25.0 Å². The summed E-state index contributed by atoms with van der Waals surface area (Å²) in [6.45, 7) is 6.74. The Morgan fingerprint density at radius 1 is 1.41 bits per heavy atom. The van der Waals surface area contributed by atoms with Crippen LogP contribution in [0.1, 0.15) is 45.8 Å². The summed E-state index contributed by atoms with van der Waals surface area (Å²) in [5.74, 6) is -0.346. The average molecular weight is 305 g/mol. The fraction of sp³-hybridized carbons (Fsp3) is 0.562. The monoisotopic (exact) mass is 305 g/mol. The Morgan fingerprint density at radius 2 is 2.18 bits per heavy atom. The van der Waals surface area contributed by atoms with Gasteiger partial charge in [-0.3, -0.25) is 9.59 Å². The van der Waals surface area contributed by atoms with E-state index in [4.69, 9.17) is 4.42 Å². The van der Waals surface area contributed by atoms with Crippen LogP contribution in [0.5, 0.6) is 0 Å². The number of nitrogens with one attached hydrogen (secondary N) is 2. The molecule has 22 heavy (non-hydrogen) atoms. The second kappa shape index (κ2) is 6.77. The van der Waals surface area contributed by atoms with Crippen LogP contribution in [-0.4, -0.2) is 17.5 Å². The molecule has 0 spiro atoms. The third-order valence-corrected chi connectivity index (χ3v) is 3.69. The van der Waals surface area contributed by atoms with Gasteiger partial charge < -0.3 is 9.73 Å². The van der Waals surface area contributed by atoms with Crippen LogP contribution in [-0.2, 0) is 16.1 Å². The lowest BCUT2D eigenvalue weighted by Gasteiger charge is -2.34. The molecule has 0 saturated heterocycles. The summed E-state index contributed by atoms with van der Waals surface area (Å²) in [5.41, 5.74) is 3.47. The Morgan fingerprint density at radius 3 is 2.82 bits per heavy atom. The van der Waals surface area contributed by atoms with Gasteiger partial charge in [-0.15, -0.1) is 0 Å². The van der Waals surface area contributed by atoms with Gasteiger partial charge in [0, 0.05) is 5.71 Å². The van der Waals surface area contributed by atoms with Gasteiger partial charge in [0.05, 0.1) is 12.8 Å². The summed E-state index contributed by atoms with van der Waals surface area (Å²) in [4.78, 5) is 23.4. The number of furan rings is 1. The molecule has 1 fully saturated rings. The molecule has 0 aliphatic heterocycles. The molecular weight excluding hydrogens is 282 g/mol. The molecule has 2 N–H and O–H groups in total. The molecule has 6 heteroatoms. The summed E-state index contributed by atoms with van der Waals surface area (Å²) in [7, 11) is 0. The molecule has 1 heterocycles. The molecule has 1 aromatic heterocycles. The van der Waals surface area contributed by atoms with Crippen molar-refractivity contribution in [3.8, 4) is 0 Å². The summed E-state index contributed by atoms with van der Waals surface area (Å²) in [6, 6.07) is 3.45. The molecule has 1 atom stereocenters. The van der Waals surface area contributed by atoms with Crippen molar-refractivity contribution < 1.29 is 14.0 Å². The Balaban J connectivity index is 1.83. The molecule has 1 aliphatic rings. The minimum Gasteiger partial charge on any atom is -0.467 e. The molecule has 120 valence electrons. The summed E-state index contributed by atoms with van der Waals surface area (Å²) in [6.07, 6.45) is 4.35. The van der Waals surface area contributed by atoms with Gasteiger partial charge in [0.25, 0.3) is 0 Å². The van der Waals surface area contributed by atoms with Crippen molar-refractivity contribution in [2.75, 3.05) is 0 Å². The Bertz CT molecular complexity index is 561. The van der Waals surface area contributed by atoms with Crippen LogP contribution in [0, 0.1) is 11.3 Å². The molecule has 1 aliphatic carbocycles. The van der Waals surface area contributed by atoms with Gasteiger partial charge in [-0.25, -0.2) is 5.43 Å². The highest BCUT2D eigenvalue weighted by molar-refractivity contribution is 6.35. The Labute approximate surface area is 130 Å². The zero-order valence-corrected chi connectivity index (χ0v) is 13.3. The van der Waals surface area contributed by atoms with Crippen LogP contribution in [0.2, 0.25) is 0 Å². The number of nitrogens with zero attached hydrogens (tertiary/aromatic N) is 1. The van der Waals surface area contributed by atoms with Crippen LogP contribution in [0.3, 0.4) is 0 Å². The smallest absolute Gasteiger partial charge is 0.329 e. The van der Waals surface area contributed by atoms with Crippen molar-refractivity contribution in [3.63, 3.8) is 0 Å². The first kappa shape index (κ1) is 16.3. The second-order valence-corrected chi connectivity index (χ2v) is 6.74. The van der Waals surface area contributed by atoms with E-state index in [0.29, 0.717) is 11.7 Å². The third-order valence-electron chi connectivity index (χ3n) is 3.69. The van der Waals surface area contributed by atoms with Gasteiger partial charge in [0.1, 0.15) is 5.76 Å². The van der Waals surface area contributed by atoms with E-state index in [1.807, 2.05) is 0 Å². The first-order valence-electron chi connectivity index (χ1n) is 7.52. The normalized spacial score (nSPS) is 22.3. The standard InChI is InChI=1S/C16H23N3O3/c1-11-7-12(9-16(2,3)8-11)18-19-15(21)14(20)17-10-13-5-4-6-22-13/h4-6,11H,7-10H2,1-3H3,(H,17,20)(H,19,21)/b18-12+/t11-/m0/s1. The second-order valence-electron chi connectivity index (χ2n) is 6.74. The Kier molecular flexibility index (Phi) is 5.00. The maximum absolute atomic E-state index is 11.7. The minimum atomic E-state index is -0.755. The molecule has 1 aromatic rings. The minimum absolute atomic E-state index is 0.180. The van der Waals surface area contributed by atoms with Crippen molar-refractivity contribution in [2.45, 2.75) is 46.6 Å². The van der Waals surface area contributed by atoms with Crippen molar-refractivity contribution in [3.05, 3.63) is 24.2 Å². The van der Waals surface area contributed by atoms with E-state index in [9.17, 15) is 9.59 Å². The molecular formula is C16H23N3O3. The molecule has 2 amide bonds. The predicted octanol–water partition coefficient (Wildman–Crippen LogP) is 2.21. The zero-order chi connectivity index (χ0) is 16.2. The highest BCUT2D eigenvalue weighted by atomic mass is 16.3. The largest absolute Gasteiger partial charge is 0.467 e. The fourth-order valence-corrected chi connectivity index (χ4v) is 3.04. The number of hydrogen-bond acceptors (Lipinski definition) is 4. The van der Waals surface area contributed by atoms with Gasteiger partial charge in [0.2, 0.25) is 0 Å². The maximum atomic E-state index is 11.7. The van der Waals surface area contributed by atoms with E-state index < -0.39 is 11.8 Å². The molecule has 0 bridgehead atoms. The van der Waals surface area contributed by atoms with Gasteiger partial charge in [-0.1, -0.05) is 20.8 Å². The number of carbonyl (C=O) groups excluding carboxylic acids is 2. The number of hydrazone groups is 1. The highest BCUT2D eigenvalue weighted by Crippen LogP contribution is 2.36. The highest BCUT2D eigenvalue weighted by Gasteiger charge is 2.29. The van der Waals surface area contributed by atoms with Gasteiger partial charge in [0.15, 0.2) is 0 Å². The zero-order valence-electron chi connectivity index (χ0n) is 13.3. The predicted molar refractivity (Wildman–Crippen MR) is 82.9 cm³/mol. The summed E-state index contributed by atoms with van der Waals surface area (Å²) < 4.78 is 5.08. The van der Waals surface area contributed by atoms with E-state index in [1.54, 1.807) is 12.1 Å². The van der Waals surface area contributed by atoms with E-state index >= 15 is 0 Å². The van der Waals surface area contributed by atoms with Crippen molar-refractivity contribution >= 4 is 17.5 Å². The van der Waals surface area contributed by atoms with Crippen LogP contribution < -0.4 is 10.7 Å². The van der Waals surface area contributed by atoms with Crippen LogP contribution >= 0.6 is 0 Å². The first-order valence-corrected chi connectivity index (χ1v) is 7.52. The Hall–Kier alpha value is -2.11. The molecule has 6 nitrogen and oxygen atoms in total. The number of rotatable bonds is 3. The SMILES string of the molecule is C[C@H]1C/C(=N\NC(=O)C(=O)NCc2ccco2)CC(C)(C)C1. The van der Waals surface area contributed by atoms with Gasteiger partial charge >= 0.3 is 11.8 Å². The van der Waals surface area contributed by atoms with Crippen LogP contribution in [0.25, 0.3) is 0 Å². The average Bonchev–Trinajstić information content (AvgIpc) is 2.93. The maximum Gasteiger partial charge on any atom is 0.329 e. The van der Waals surface area contributed by atoms with Crippen molar-refractivity contribution in [1.29, 1.82) is 0 Å². The van der Waals surface area contributed by atoms with Gasteiger partial charge in [-0.2, -0.15) is 5.10 Å². The quantitative estimate of drug-likeness (QED) is 0.663. The lowest BCUT2D eigenvalue weighted by molar-refractivity contribution is -0.139. The summed E-state index contributed by atoms with van der Waals surface area (Å²) >= 11 is 0. The van der Waals surface area contributed by atoms with E-state index in [1.165, 1.54) is 6.26 Å². The van der Waals surface area contributed by atoms with E-state index in [2.05, 4.69) is 36.6 Å². The third kappa shape index (κ3) is 4.72. The topological polar surface area (TPSA) is 83.7 Å². The fourth-order valence-electron chi connectivity index (χ4n) is 3.04. The lowest BCUT2D eigenvalue weighted by atomic mass is 9.72. The summed E-state index contributed by atoms with van der Waals surface area (Å²) in [5, 5.41) is 6.61.